The Morgan fingerprint density at radius 2 is 2.17 bits per heavy atom. The van der Waals surface area contributed by atoms with Crippen LogP contribution in [0, 0.1) is 0 Å². The Labute approximate surface area is 65.6 Å². The van der Waals surface area contributed by atoms with E-state index < -0.39 is 29.0 Å². The van der Waals surface area contributed by atoms with Gasteiger partial charge in [-0.3, -0.25) is 4.79 Å². The van der Waals surface area contributed by atoms with Gasteiger partial charge in [-0.1, -0.05) is 0 Å². The minimum atomic E-state index is -2.81. The molecule has 0 aliphatic carbocycles. The molecule has 0 unspecified atom stereocenters. The van der Waals surface area contributed by atoms with Crippen LogP contribution in [-0.4, -0.2) is 10.1 Å². The summed E-state index contributed by atoms with van der Waals surface area (Å²) < 4.78 is 24.1. The maximum Gasteiger partial charge on any atom is 0.292 e. The summed E-state index contributed by atoms with van der Waals surface area (Å²) in [6.07, 6.45) is -2.03. The van der Waals surface area contributed by atoms with E-state index in [-0.39, 0.29) is 0 Å². The van der Waals surface area contributed by atoms with Crippen LogP contribution >= 0.6 is 0 Å². The molecule has 12 heavy (non-hydrogen) atoms. The molecule has 0 amide bonds. The highest BCUT2D eigenvalue weighted by atomic mass is 19.3. The second-order valence-corrected chi connectivity index (χ2v) is 2.14. The Kier molecular flexibility index (Phi) is 1.99. The molecule has 0 radical (unpaired) electrons. The number of halogens is 2. The van der Waals surface area contributed by atoms with Crippen LogP contribution in [0.25, 0.3) is 0 Å². The van der Waals surface area contributed by atoms with Crippen LogP contribution in [0.4, 0.5) is 14.5 Å². The standard InChI is InChI=1S/C6H6F2N2O2/c7-5(8)2-1-10-6(12)4(11)3(2)9/h1,5,11H,(H3,9,10,12). The van der Waals surface area contributed by atoms with Gasteiger partial charge in [0.25, 0.3) is 12.0 Å². The molecule has 0 bridgehead atoms. The Morgan fingerprint density at radius 1 is 1.58 bits per heavy atom. The van der Waals surface area contributed by atoms with Crippen LogP contribution in [0.15, 0.2) is 11.0 Å². The molecule has 0 spiro atoms. The lowest BCUT2D eigenvalue weighted by molar-refractivity contribution is 0.151. The van der Waals surface area contributed by atoms with Crippen molar-refractivity contribution in [3.05, 3.63) is 22.1 Å². The topological polar surface area (TPSA) is 79.1 Å². The van der Waals surface area contributed by atoms with Crippen molar-refractivity contribution in [3.8, 4) is 5.75 Å². The first kappa shape index (κ1) is 8.51. The lowest BCUT2D eigenvalue weighted by Gasteiger charge is -2.03. The van der Waals surface area contributed by atoms with E-state index in [0.717, 1.165) is 6.20 Å². The number of aromatic hydroxyl groups is 1. The zero-order chi connectivity index (χ0) is 9.30. The zero-order valence-corrected chi connectivity index (χ0v) is 5.84. The maximum absolute atomic E-state index is 12.0. The average molecular weight is 176 g/mol. The molecule has 66 valence electrons. The van der Waals surface area contributed by atoms with E-state index in [0.29, 0.717) is 0 Å². The summed E-state index contributed by atoms with van der Waals surface area (Å²) in [7, 11) is 0. The van der Waals surface area contributed by atoms with Crippen LogP contribution < -0.4 is 11.3 Å². The van der Waals surface area contributed by atoms with Crippen molar-refractivity contribution in [2.45, 2.75) is 6.43 Å². The highest BCUT2D eigenvalue weighted by Crippen LogP contribution is 2.27. The maximum atomic E-state index is 12.0. The fourth-order valence-electron chi connectivity index (χ4n) is 0.729. The molecule has 6 heteroatoms. The molecule has 0 atom stereocenters. The Hall–Kier alpha value is -1.59. The number of nitrogen functional groups attached to an aromatic ring is 1. The number of nitrogens with one attached hydrogen (secondary N) is 1. The number of nitrogens with two attached hydrogens (primary N) is 1. The first-order valence-corrected chi connectivity index (χ1v) is 3.02. The third-order valence-corrected chi connectivity index (χ3v) is 1.38. The number of hydrogen-bond donors (Lipinski definition) is 3. The van der Waals surface area contributed by atoms with Gasteiger partial charge in [-0.2, -0.15) is 0 Å². The number of H-pyrrole nitrogens is 1. The van der Waals surface area contributed by atoms with Gasteiger partial charge in [0.05, 0.1) is 11.3 Å². The normalized spacial score (nSPS) is 10.6. The predicted octanol–water partition coefficient (Wildman–Crippen LogP) is 0.600. The minimum absolute atomic E-state index is 0.575. The number of aromatic nitrogens is 1. The summed E-state index contributed by atoms with van der Waals surface area (Å²) in [5.74, 6) is -0.868. The molecule has 1 heterocycles. The van der Waals surface area contributed by atoms with E-state index >= 15 is 0 Å². The van der Waals surface area contributed by atoms with E-state index in [1.807, 2.05) is 4.98 Å². The zero-order valence-electron chi connectivity index (χ0n) is 5.84. The van der Waals surface area contributed by atoms with Crippen LogP contribution in [0.5, 0.6) is 5.75 Å². The van der Waals surface area contributed by atoms with Gasteiger partial charge in [0, 0.05) is 6.20 Å². The Balaban J connectivity index is 3.36. The number of aromatic amines is 1. The number of hydrogen-bond acceptors (Lipinski definition) is 3. The van der Waals surface area contributed by atoms with Gasteiger partial charge in [0.2, 0.25) is 5.75 Å². The molecular formula is C6H6F2N2O2. The summed E-state index contributed by atoms with van der Waals surface area (Å²) in [4.78, 5) is 12.5. The van der Waals surface area contributed by atoms with Gasteiger partial charge < -0.3 is 15.8 Å². The quantitative estimate of drug-likeness (QED) is 0.586. The molecule has 1 aromatic rings. The second-order valence-electron chi connectivity index (χ2n) is 2.14. The smallest absolute Gasteiger partial charge is 0.292 e. The monoisotopic (exact) mass is 176 g/mol. The molecule has 0 aliphatic heterocycles. The third-order valence-electron chi connectivity index (χ3n) is 1.38. The fraction of sp³-hybridized carbons (Fsp3) is 0.167. The highest BCUT2D eigenvalue weighted by molar-refractivity contribution is 5.56. The number of rotatable bonds is 1. The van der Waals surface area contributed by atoms with Gasteiger partial charge >= 0.3 is 0 Å². The number of anilines is 1. The first-order valence-electron chi connectivity index (χ1n) is 3.02. The van der Waals surface area contributed by atoms with Crippen molar-refractivity contribution < 1.29 is 13.9 Å². The summed E-state index contributed by atoms with van der Waals surface area (Å²) >= 11 is 0. The molecular weight excluding hydrogens is 170 g/mol. The van der Waals surface area contributed by atoms with Crippen molar-refractivity contribution in [2.75, 3.05) is 5.73 Å². The second kappa shape index (κ2) is 2.80. The molecule has 0 saturated heterocycles. The van der Waals surface area contributed by atoms with Gasteiger partial charge in [-0.05, 0) is 0 Å². The largest absolute Gasteiger partial charge is 0.502 e. The third kappa shape index (κ3) is 1.23. The number of pyridine rings is 1. The minimum Gasteiger partial charge on any atom is -0.502 e. The predicted molar refractivity (Wildman–Crippen MR) is 38.1 cm³/mol. The molecule has 4 nitrogen and oxygen atoms in total. The molecule has 0 aliphatic rings. The lowest BCUT2D eigenvalue weighted by atomic mass is 10.2. The van der Waals surface area contributed by atoms with E-state index in [9.17, 15) is 13.6 Å². The highest BCUT2D eigenvalue weighted by Gasteiger charge is 2.15. The van der Waals surface area contributed by atoms with Crippen LogP contribution in [0.3, 0.4) is 0 Å². The van der Waals surface area contributed by atoms with E-state index in [1.54, 1.807) is 0 Å². The van der Waals surface area contributed by atoms with E-state index in [1.165, 1.54) is 0 Å². The Morgan fingerprint density at radius 3 is 2.67 bits per heavy atom. The molecule has 1 aromatic heterocycles. The van der Waals surface area contributed by atoms with Gasteiger partial charge in [0.1, 0.15) is 0 Å². The lowest BCUT2D eigenvalue weighted by Crippen LogP contribution is -2.09. The molecule has 0 saturated carbocycles. The van der Waals surface area contributed by atoms with Crippen molar-refractivity contribution >= 4 is 5.69 Å². The average Bonchev–Trinajstić information content (AvgIpc) is 2.00. The Bertz CT molecular complexity index is 348. The number of alkyl halides is 2. The van der Waals surface area contributed by atoms with Crippen LogP contribution in [0.2, 0.25) is 0 Å². The molecule has 4 N–H and O–H groups in total. The summed E-state index contributed by atoms with van der Waals surface area (Å²) in [5, 5.41) is 8.83. The van der Waals surface area contributed by atoms with Crippen LogP contribution in [-0.2, 0) is 0 Å². The van der Waals surface area contributed by atoms with Crippen LogP contribution in [0.1, 0.15) is 12.0 Å². The van der Waals surface area contributed by atoms with E-state index in [4.69, 9.17) is 10.8 Å². The SMILES string of the molecule is Nc1c(C(F)F)c[nH]c(=O)c1O. The van der Waals surface area contributed by atoms with Crippen molar-refractivity contribution in [2.24, 2.45) is 0 Å². The summed E-state index contributed by atoms with van der Waals surface area (Å²) in [6, 6.07) is 0. The molecule has 1 rings (SSSR count). The van der Waals surface area contributed by atoms with E-state index in [2.05, 4.69) is 0 Å². The first-order chi connectivity index (χ1) is 5.54. The van der Waals surface area contributed by atoms with Crippen molar-refractivity contribution in [1.29, 1.82) is 0 Å². The summed E-state index contributed by atoms with van der Waals surface area (Å²) in [5.41, 5.74) is 3.00. The molecule has 0 aromatic carbocycles. The fourth-order valence-corrected chi connectivity index (χ4v) is 0.729. The van der Waals surface area contributed by atoms with Crippen molar-refractivity contribution in [3.63, 3.8) is 0 Å². The van der Waals surface area contributed by atoms with Gasteiger partial charge in [0.15, 0.2) is 0 Å². The summed E-state index contributed by atoms with van der Waals surface area (Å²) in [6.45, 7) is 0. The molecule has 0 fully saturated rings. The van der Waals surface area contributed by atoms with Crippen molar-refractivity contribution in [1.82, 2.24) is 4.98 Å². The van der Waals surface area contributed by atoms with Gasteiger partial charge in [-0.15, -0.1) is 0 Å². The van der Waals surface area contributed by atoms with Gasteiger partial charge in [-0.25, -0.2) is 8.78 Å².